The first-order valence-corrected chi connectivity index (χ1v) is 16.7. The molecule has 0 aliphatic carbocycles. The van der Waals surface area contributed by atoms with Crippen molar-refractivity contribution in [2.24, 2.45) is 0 Å². The Morgan fingerprint density at radius 3 is 2.08 bits per heavy atom. The smallest absolute Gasteiger partial charge is 0.160 e. The van der Waals surface area contributed by atoms with E-state index >= 15 is 0 Å². The van der Waals surface area contributed by atoms with Gasteiger partial charge in [0.2, 0.25) is 0 Å². The van der Waals surface area contributed by atoms with Gasteiger partial charge in [0.25, 0.3) is 0 Å². The van der Waals surface area contributed by atoms with E-state index < -0.39 is 78.2 Å². The van der Waals surface area contributed by atoms with Gasteiger partial charge in [-0.25, -0.2) is 9.97 Å². The van der Waals surface area contributed by atoms with Crippen LogP contribution in [-0.2, 0) is 0 Å². The van der Waals surface area contributed by atoms with E-state index in [1.165, 1.54) is 0 Å². The van der Waals surface area contributed by atoms with E-state index in [1.54, 1.807) is 17.4 Å². The minimum absolute atomic E-state index is 0.0815. The standard InChI is InChI=1S/C46H29N3S/c1-3-12-30(13-4-1)31-22-24-32(25-23-31)46-47-40(29-41(48-46)39-19-11-18-38-37-17-8-10-21-44(37)50-45(38)39)33-26-27-36-35-16-7-9-20-42(35)49(43(36)28-33)34-14-5-2-6-15-34/h1-29H/i2D,5D,6D,7D,9D,14D,15D,16D,20D,26D,27D,28D. The van der Waals surface area contributed by atoms with Crippen LogP contribution >= 0.6 is 11.3 Å². The zero-order valence-electron chi connectivity index (χ0n) is 38.1. The van der Waals surface area contributed by atoms with E-state index in [9.17, 15) is 4.11 Å². The number of hydrogen-bond acceptors (Lipinski definition) is 3. The monoisotopic (exact) mass is 667 g/mol. The van der Waals surface area contributed by atoms with Crippen LogP contribution in [0.15, 0.2) is 176 Å². The second-order valence-electron chi connectivity index (χ2n) is 11.7. The fourth-order valence-corrected chi connectivity index (χ4v) is 7.68. The molecule has 0 bridgehead atoms. The Hall–Kier alpha value is -6.36. The summed E-state index contributed by atoms with van der Waals surface area (Å²) >= 11 is 1.60. The Labute approximate surface area is 310 Å². The minimum Gasteiger partial charge on any atom is -0.309 e. The fourth-order valence-electron chi connectivity index (χ4n) is 6.45. The fraction of sp³-hybridized carbons (Fsp3) is 0. The largest absolute Gasteiger partial charge is 0.309 e. The van der Waals surface area contributed by atoms with Gasteiger partial charge in [-0.1, -0.05) is 139 Å². The summed E-state index contributed by atoms with van der Waals surface area (Å²) in [4.78, 5) is 10.0. The zero-order valence-corrected chi connectivity index (χ0v) is 26.9. The molecule has 0 aliphatic heterocycles. The summed E-state index contributed by atoms with van der Waals surface area (Å²) in [5, 5.41) is 1.65. The van der Waals surface area contributed by atoms with Crippen molar-refractivity contribution >= 4 is 53.3 Å². The third kappa shape index (κ3) is 4.73. The Morgan fingerprint density at radius 1 is 0.500 bits per heavy atom. The van der Waals surface area contributed by atoms with Crippen molar-refractivity contribution < 1.29 is 16.4 Å². The Kier molecular flexibility index (Phi) is 4.43. The van der Waals surface area contributed by atoms with Gasteiger partial charge >= 0.3 is 0 Å². The van der Waals surface area contributed by atoms with Gasteiger partial charge in [0, 0.05) is 53.3 Å². The molecule has 0 radical (unpaired) electrons. The lowest BCUT2D eigenvalue weighted by molar-refractivity contribution is 1.17. The predicted molar refractivity (Wildman–Crippen MR) is 211 cm³/mol. The summed E-state index contributed by atoms with van der Waals surface area (Å²) in [6.45, 7) is 0. The summed E-state index contributed by atoms with van der Waals surface area (Å²) in [6.07, 6.45) is 0. The highest BCUT2D eigenvalue weighted by molar-refractivity contribution is 7.26. The second kappa shape index (κ2) is 11.7. The van der Waals surface area contributed by atoms with Gasteiger partial charge in [-0.05, 0) is 47.4 Å². The molecule has 50 heavy (non-hydrogen) atoms. The van der Waals surface area contributed by atoms with Crippen LogP contribution < -0.4 is 0 Å². The van der Waals surface area contributed by atoms with Crippen molar-refractivity contribution in [3.05, 3.63) is 176 Å². The molecule has 0 unspecified atom stereocenters. The average Bonchev–Trinajstić information content (AvgIpc) is 3.86. The molecule has 10 aromatic rings. The first-order valence-electron chi connectivity index (χ1n) is 21.9. The Bertz CT molecular complexity index is 3520. The Balaban J connectivity index is 1.32. The summed E-state index contributed by atoms with van der Waals surface area (Å²) in [5.74, 6) is 0.256. The van der Waals surface area contributed by atoms with E-state index in [1.807, 2.05) is 91.0 Å². The molecule has 7 aromatic carbocycles. The van der Waals surface area contributed by atoms with Gasteiger partial charge in [0.15, 0.2) is 5.82 Å². The lowest BCUT2D eigenvalue weighted by atomic mass is 10.0. The van der Waals surface area contributed by atoms with Crippen molar-refractivity contribution in [3.8, 4) is 50.7 Å². The normalized spacial score (nSPS) is 15.0. The maximum atomic E-state index is 9.90. The number of para-hydroxylation sites is 2. The summed E-state index contributed by atoms with van der Waals surface area (Å²) < 4.78 is 110. The molecule has 0 aliphatic rings. The van der Waals surface area contributed by atoms with Crippen molar-refractivity contribution in [1.82, 2.24) is 14.5 Å². The van der Waals surface area contributed by atoms with Gasteiger partial charge in [-0.15, -0.1) is 11.3 Å². The van der Waals surface area contributed by atoms with Crippen LogP contribution in [-0.4, -0.2) is 14.5 Å². The molecule has 0 fully saturated rings. The minimum atomic E-state index is -0.703. The van der Waals surface area contributed by atoms with Crippen LogP contribution in [0.2, 0.25) is 0 Å². The second-order valence-corrected chi connectivity index (χ2v) is 12.7. The predicted octanol–water partition coefficient (Wildman–Crippen LogP) is 12.6. The highest BCUT2D eigenvalue weighted by Crippen LogP contribution is 2.41. The van der Waals surface area contributed by atoms with Crippen molar-refractivity contribution in [2.75, 3.05) is 0 Å². The average molecular weight is 668 g/mol. The van der Waals surface area contributed by atoms with E-state index in [0.29, 0.717) is 11.3 Å². The van der Waals surface area contributed by atoms with E-state index in [0.717, 1.165) is 41.4 Å². The maximum Gasteiger partial charge on any atom is 0.160 e. The Morgan fingerprint density at radius 2 is 1.20 bits per heavy atom. The molecule has 0 saturated heterocycles. The quantitative estimate of drug-likeness (QED) is 0.183. The highest BCUT2D eigenvalue weighted by Gasteiger charge is 2.18. The molecule has 234 valence electrons. The zero-order chi connectivity index (χ0) is 43.5. The van der Waals surface area contributed by atoms with Crippen LogP contribution in [0.1, 0.15) is 16.4 Å². The molecule has 3 aromatic heterocycles. The molecule has 0 saturated carbocycles. The molecule has 0 N–H and O–H groups in total. The number of rotatable bonds is 5. The van der Waals surface area contributed by atoms with Crippen LogP contribution in [0.25, 0.3) is 92.7 Å². The molecule has 0 amide bonds. The third-order valence-electron chi connectivity index (χ3n) is 8.78. The number of nitrogens with zero attached hydrogens (tertiary/aromatic N) is 3. The number of benzene rings is 7. The van der Waals surface area contributed by atoms with Crippen molar-refractivity contribution in [3.63, 3.8) is 0 Å². The first kappa shape index (κ1) is 19.0. The van der Waals surface area contributed by atoms with Gasteiger partial charge in [0.05, 0.1) is 38.9 Å². The molecular weight excluding hydrogens is 627 g/mol. The van der Waals surface area contributed by atoms with Crippen molar-refractivity contribution in [1.29, 1.82) is 0 Å². The molecule has 0 spiro atoms. The van der Waals surface area contributed by atoms with E-state index in [2.05, 4.69) is 6.07 Å². The lowest BCUT2D eigenvalue weighted by Gasteiger charge is -2.12. The SMILES string of the molecule is [2H]c1c([2H])c([2H])c(-n2c3c([2H])c([2H])c([2H])c([2H])c3c3c([2H])c([2H])c(-c4cc(-c5cccc6c5sc5ccccc56)nc(-c5ccc(-c6ccccc6)cc5)n4)c([2H])c32)c([2H])c1[2H]. The number of hydrogen-bond donors (Lipinski definition) is 0. The molecule has 3 heterocycles. The summed E-state index contributed by atoms with van der Waals surface area (Å²) in [5.41, 5.74) is 2.72. The number of thiophene rings is 1. The number of fused-ring (bicyclic) bond motifs is 6. The highest BCUT2D eigenvalue weighted by atomic mass is 32.1. The van der Waals surface area contributed by atoms with E-state index in [4.69, 9.17) is 22.3 Å². The van der Waals surface area contributed by atoms with Gasteiger partial charge in [-0.2, -0.15) is 0 Å². The number of aromatic nitrogens is 3. The van der Waals surface area contributed by atoms with Crippen LogP contribution in [0, 0.1) is 0 Å². The van der Waals surface area contributed by atoms with Gasteiger partial charge in [0.1, 0.15) is 0 Å². The maximum absolute atomic E-state index is 9.90. The molecule has 0 atom stereocenters. The van der Waals surface area contributed by atoms with E-state index in [-0.39, 0.29) is 38.9 Å². The molecule has 10 rings (SSSR count). The first-order chi connectivity index (χ1) is 29.8. The molecular formula is C46H29N3S. The lowest BCUT2D eigenvalue weighted by Crippen LogP contribution is -1.97. The van der Waals surface area contributed by atoms with Gasteiger partial charge in [-0.3, -0.25) is 0 Å². The van der Waals surface area contributed by atoms with Gasteiger partial charge < -0.3 is 4.57 Å². The van der Waals surface area contributed by atoms with Crippen LogP contribution in [0.5, 0.6) is 0 Å². The summed E-state index contributed by atoms with van der Waals surface area (Å²) in [7, 11) is 0. The molecule has 4 heteroatoms. The van der Waals surface area contributed by atoms with Crippen molar-refractivity contribution in [2.45, 2.75) is 0 Å². The molecule has 3 nitrogen and oxygen atoms in total. The topological polar surface area (TPSA) is 30.7 Å². The third-order valence-corrected chi connectivity index (χ3v) is 10.0. The van der Waals surface area contributed by atoms with Crippen LogP contribution in [0.3, 0.4) is 0 Å². The summed E-state index contributed by atoms with van der Waals surface area (Å²) in [6, 6.07) is 25.8. The van der Waals surface area contributed by atoms with Crippen LogP contribution in [0.4, 0.5) is 0 Å².